The number of imidazole rings is 1. The minimum atomic E-state index is -1.29. The summed E-state index contributed by atoms with van der Waals surface area (Å²) < 4.78 is 16.1. The van der Waals surface area contributed by atoms with Gasteiger partial charge in [-0.15, -0.1) is 0 Å². The summed E-state index contributed by atoms with van der Waals surface area (Å²) in [7, 11) is 0. The minimum absolute atomic E-state index is 0.0388. The van der Waals surface area contributed by atoms with Crippen molar-refractivity contribution in [1.29, 1.82) is 0 Å². The Kier molecular flexibility index (Phi) is 5.27. The third kappa shape index (κ3) is 3.49. The van der Waals surface area contributed by atoms with Crippen molar-refractivity contribution in [3.8, 4) is 0 Å². The summed E-state index contributed by atoms with van der Waals surface area (Å²) in [6.45, 7) is 1.61. The first-order valence-electron chi connectivity index (χ1n) is 7.53. The highest BCUT2D eigenvalue weighted by Gasteiger charge is 2.44. The molecule has 0 unspecified atom stereocenters. The number of aromatic amines is 1. The maximum atomic E-state index is 11.7. The Morgan fingerprint density at radius 1 is 1.32 bits per heavy atom. The van der Waals surface area contributed by atoms with Gasteiger partial charge >= 0.3 is 0 Å². The molecule has 4 rings (SSSR count). The number of fused-ring (bicyclic) bond motifs is 1. The first-order valence-corrected chi connectivity index (χ1v) is 7.53. The Morgan fingerprint density at radius 2 is 2.04 bits per heavy atom. The number of rotatable bonds is 2. The normalized spacial score (nSPS) is 28.9. The predicted octanol–water partition coefficient (Wildman–Crippen LogP) is -2.70. The average molecular weight is 357 g/mol. The van der Waals surface area contributed by atoms with Gasteiger partial charge < -0.3 is 35.3 Å². The molecule has 12 heteroatoms. The van der Waals surface area contributed by atoms with Crippen molar-refractivity contribution < 1.29 is 29.5 Å². The summed E-state index contributed by atoms with van der Waals surface area (Å²) in [5.41, 5.74) is 5.12. The smallest absolute Gasteiger partial charge is 0.280 e. The number of aromatic nitrogens is 4. The van der Waals surface area contributed by atoms with Gasteiger partial charge in [0.15, 0.2) is 17.4 Å². The molecule has 0 aliphatic carbocycles. The zero-order valence-corrected chi connectivity index (χ0v) is 13.1. The Balaban J connectivity index is 0.000000314. The van der Waals surface area contributed by atoms with Crippen LogP contribution < -0.4 is 11.3 Å². The van der Waals surface area contributed by atoms with Crippen molar-refractivity contribution in [1.82, 2.24) is 19.5 Å². The lowest BCUT2D eigenvalue weighted by molar-refractivity contribution is -0.0511. The second-order valence-electron chi connectivity index (χ2n) is 5.44. The standard InChI is InChI=1S/C10H13N5O5.C3H6O2/c11-10-13-7-4(8(19)14-10)12-2-15(7)9-6(18)5(17)3(1-16)20-9;1-2-5-3-4-1/h2-3,5-6,9,16-18H,1H2,(H3,11,13,14,19);1-3H2/t3-,5-,6-,9-;/m1./s1. The van der Waals surface area contributed by atoms with Crippen molar-refractivity contribution in [2.24, 2.45) is 0 Å². The maximum absolute atomic E-state index is 11.7. The summed E-state index contributed by atoms with van der Waals surface area (Å²) in [5, 5.41) is 28.7. The number of aliphatic hydroxyl groups is 3. The van der Waals surface area contributed by atoms with Gasteiger partial charge in [-0.3, -0.25) is 14.3 Å². The van der Waals surface area contributed by atoms with Crippen molar-refractivity contribution >= 4 is 17.1 Å². The number of hydrogen-bond acceptors (Lipinski definition) is 10. The molecule has 2 aromatic heterocycles. The van der Waals surface area contributed by atoms with Crippen LogP contribution >= 0.6 is 0 Å². The molecule has 2 aliphatic heterocycles. The molecule has 2 aromatic rings. The molecule has 0 amide bonds. The Morgan fingerprint density at radius 3 is 2.60 bits per heavy atom. The van der Waals surface area contributed by atoms with Crippen LogP contribution in [0.15, 0.2) is 11.1 Å². The van der Waals surface area contributed by atoms with E-state index in [4.69, 9.17) is 25.1 Å². The molecular formula is C13H19N5O7. The van der Waals surface area contributed by atoms with Crippen LogP contribution in [-0.4, -0.2) is 79.8 Å². The van der Waals surface area contributed by atoms with Crippen molar-refractivity contribution in [3.63, 3.8) is 0 Å². The summed E-state index contributed by atoms with van der Waals surface area (Å²) in [5.74, 6) is -0.101. The number of ether oxygens (including phenoxy) is 3. The topological polar surface area (TPSA) is 178 Å². The summed E-state index contributed by atoms with van der Waals surface area (Å²) in [6.07, 6.45) is -3.21. The van der Waals surface area contributed by atoms with E-state index in [2.05, 4.69) is 15.0 Å². The van der Waals surface area contributed by atoms with Crippen LogP contribution in [0, 0.1) is 0 Å². The van der Waals surface area contributed by atoms with E-state index in [0.717, 1.165) is 13.2 Å². The highest BCUT2D eigenvalue weighted by Crippen LogP contribution is 2.30. The highest BCUT2D eigenvalue weighted by atomic mass is 16.7. The van der Waals surface area contributed by atoms with Crippen LogP contribution in [0.4, 0.5) is 5.95 Å². The third-order valence-electron chi connectivity index (χ3n) is 3.78. The molecule has 0 aromatic carbocycles. The lowest BCUT2D eigenvalue weighted by Gasteiger charge is -2.16. The average Bonchev–Trinajstić information content (AvgIpc) is 3.31. The zero-order chi connectivity index (χ0) is 18.0. The zero-order valence-electron chi connectivity index (χ0n) is 13.1. The maximum Gasteiger partial charge on any atom is 0.280 e. The van der Waals surface area contributed by atoms with E-state index < -0.39 is 36.7 Å². The van der Waals surface area contributed by atoms with E-state index in [-0.39, 0.29) is 17.1 Å². The van der Waals surface area contributed by atoms with Gasteiger partial charge in [0.05, 0.1) is 26.1 Å². The fourth-order valence-electron chi connectivity index (χ4n) is 2.53. The Labute approximate surface area is 140 Å². The third-order valence-corrected chi connectivity index (χ3v) is 3.78. The predicted molar refractivity (Wildman–Crippen MR) is 82.3 cm³/mol. The lowest BCUT2D eigenvalue weighted by atomic mass is 10.1. The summed E-state index contributed by atoms with van der Waals surface area (Å²) in [4.78, 5) is 21.8. The van der Waals surface area contributed by atoms with Gasteiger partial charge in [-0.25, -0.2) is 4.98 Å². The molecule has 0 spiro atoms. The fraction of sp³-hybridized carbons (Fsp3) is 0.615. The van der Waals surface area contributed by atoms with Gasteiger partial charge in [0.25, 0.3) is 5.56 Å². The second-order valence-corrected chi connectivity index (χ2v) is 5.44. The van der Waals surface area contributed by atoms with Crippen LogP contribution in [0.3, 0.4) is 0 Å². The molecule has 0 radical (unpaired) electrons. The van der Waals surface area contributed by atoms with Gasteiger partial charge in [0.1, 0.15) is 25.1 Å². The quantitative estimate of drug-likeness (QED) is 0.380. The number of nitrogens with zero attached hydrogens (tertiary/aromatic N) is 3. The number of aliphatic hydroxyl groups excluding tert-OH is 3. The number of nitrogen functional groups attached to an aromatic ring is 1. The van der Waals surface area contributed by atoms with Crippen LogP contribution in [0.2, 0.25) is 0 Å². The molecule has 4 heterocycles. The van der Waals surface area contributed by atoms with Gasteiger partial charge in [0.2, 0.25) is 5.95 Å². The molecule has 12 nitrogen and oxygen atoms in total. The van der Waals surface area contributed by atoms with Crippen LogP contribution in [-0.2, 0) is 14.2 Å². The van der Waals surface area contributed by atoms with Gasteiger partial charge in [0, 0.05) is 0 Å². The molecule has 138 valence electrons. The van der Waals surface area contributed by atoms with Gasteiger partial charge in [-0.05, 0) is 0 Å². The first kappa shape index (κ1) is 17.7. The van der Waals surface area contributed by atoms with Crippen LogP contribution in [0.1, 0.15) is 6.23 Å². The van der Waals surface area contributed by atoms with Crippen LogP contribution in [0.5, 0.6) is 0 Å². The van der Waals surface area contributed by atoms with Gasteiger partial charge in [-0.2, -0.15) is 4.98 Å². The van der Waals surface area contributed by atoms with E-state index in [1.54, 1.807) is 0 Å². The first-order chi connectivity index (χ1) is 12.0. The monoisotopic (exact) mass is 357 g/mol. The number of nitrogens with two attached hydrogens (primary N) is 1. The Hall–Kier alpha value is -2.09. The van der Waals surface area contributed by atoms with Gasteiger partial charge in [-0.1, -0.05) is 0 Å². The molecule has 2 saturated heterocycles. The van der Waals surface area contributed by atoms with E-state index in [1.165, 1.54) is 10.9 Å². The van der Waals surface area contributed by atoms with Crippen molar-refractivity contribution in [3.05, 3.63) is 16.7 Å². The van der Waals surface area contributed by atoms with Crippen molar-refractivity contribution in [2.75, 3.05) is 32.3 Å². The Bertz CT molecular complexity index is 766. The molecule has 4 atom stereocenters. The summed E-state index contributed by atoms with van der Waals surface area (Å²) >= 11 is 0. The molecule has 25 heavy (non-hydrogen) atoms. The number of nitrogens with one attached hydrogen (secondary N) is 1. The second kappa shape index (κ2) is 7.43. The molecule has 2 aliphatic rings. The number of H-pyrrole nitrogens is 1. The van der Waals surface area contributed by atoms with E-state index in [0.29, 0.717) is 6.79 Å². The van der Waals surface area contributed by atoms with E-state index in [1.807, 2.05) is 0 Å². The fourth-order valence-corrected chi connectivity index (χ4v) is 2.53. The SMILES string of the molecule is C1COCO1.Nc1nc2c(ncn2[C@@H]2O[C@H](CO)[C@@H](O)[C@H]2O)c(=O)[nH]1. The molecule has 2 fully saturated rings. The molecule has 0 bridgehead atoms. The molecule has 0 saturated carbocycles. The number of anilines is 1. The van der Waals surface area contributed by atoms with E-state index in [9.17, 15) is 15.0 Å². The van der Waals surface area contributed by atoms with E-state index >= 15 is 0 Å². The number of hydrogen-bond donors (Lipinski definition) is 5. The highest BCUT2D eigenvalue weighted by molar-refractivity contribution is 5.70. The lowest BCUT2D eigenvalue weighted by Crippen LogP contribution is -2.33. The van der Waals surface area contributed by atoms with Crippen LogP contribution in [0.25, 0.3) is 11.2 Å². The largest absolute Gasteiger partial charge is 0.394 e. The summed E-state index contributed by atoms with van der Waals surface area (Å²) in [6, 6.07) is 0. The molecular weight excluding hydrogens is 338 g/mol. The minimum Gasteiger partial charge on any atom is -0.394 e. The van der Waals surface area contributed by atoms with Crippen molar-refractivity contribution in [2.45, 2.75) is 24.5 Å². The molecule has 6 N–H and O–H groups in total.